The van der Waals surface area contributed by atoms with Crippen LogP contribution in [0.25, 0.3) is 0 Å². The summed E-state index contributed by atoms with van der Waals surface area (Å²) < 4.78 is 1.90. The summed E-state index contributed by atoms with van der Waals surface area (Å²) in [6.07, 6.45) is 1.71. The van der Waals surface area contributed by atoms with Crippen molar-refractivity contribution in [1.82, 2.24) is 9.55 Å². The van der Waals surface area contributed by atoms with Gasteiger partial charge in [0.05, 0.1) is 5.75 Å². The van der Waals surface area contributed by atoms with Crippen LogP contribution in [0.2, 0.25) is 0 Å². The van der Waals surface area contributed by atoms with Crippen molar-refractivity contribution in [3.05, 3.63) is 22.6 Å². The third-order valence-corrected chi connectivity index (χ3v) is 5.85. The summed E-state index contributed by atoms with van der Waals surface area (Å²) in [7, 11) is 0. The monoisotopic (exact) mass is 296 g/mol. The lowest BCUT2D eigenvalue weighted by Crippen LogP contribution is -2.16. The highest BCUT2D eigenvalue weighted by Crippen LogP contribution is 2.68. The molecule has 0 bridgehead atoms. The van der Waals surface area contributed by atoms with Crippen LogP contribution in [0.1, 0.15) is 27.7 Å². The standard InChI is InChI=1S/C14H20N2O3S/c1-13(2)9(14(13,3)4)7-16-6-5-10(17)15-12(16)20-8-11(18)19/h5-6,9H,7-8H2,1-4H3,(H,18,19). The van der Waals surface area contributed by atoms with Gasteiger partial charge in [-0.3, -0.25) is 9.59 Å². The summed E-state index contributed by atoms with van der Waals surface area (Å²) in [4.78, 5) is 26.0. The van der Waals surface area contributed by atoms with Gasteiger partial charge in [0.1, 0.15) is 0 Å². The normalized spacial score (nSPS) is 19.8. The second kappa shape index (κ2) is 4.91. The van der Waals surface area contributed by atoms with Crippen LogP contribution in [-0.4, -0.2) is 26.4 Å². The third kappa shape index (κ3) is 2.61. The van der Waals surface area contributed by atoms with Gasteiger partial charge in [0.25, 0.3) is 5.56 Å². The Labute approximate surface area is 122 Å². The second-order valence-corrected chi connectivity index (χ2v) is 7.32. The summed E-state index contributed by atoms with van der Waals surface area (Å²) in [5.41, 5.74) is 0.152. The van der Waals surface area contributed by atoms with Gasteiger partial charge in [0.2, 0.25) is 0 Å². The number of carbonyl (C=O) groups is 1. The van der Waals surface area contributed by atoms with E-state index in [2.05, 4.69) is 32.7 Å². The summed E-state index contributed by atoms with van der Waals surface area (Å²) >= 11 is 1.09. The highest BCUT2D eigenvalue weighted by Gasteiger charge is 2.64. The molecule has 0 aliphatic heterocycles. The molecule has 0 amide bonds. The molecule has 6 heteroatoms. The number of carboxylic acids is 1. The van der Waals surface area contributed by atoms with E-state index in [1.54, 1.807) is 6.20 Å². The van der Waals surface area contributed by atoms with Crippen LogP contribution in [-0.2, 0) is 11.3 Å². The average molecular weight is 296 g/mol. The van der Waals surface area contributed by atoms with Gasteiger partial charge in [-0.1, -0.05) is 39.5 Å². The highest BCUT2D eigenvalue weighted by atomic mass is 32.2. The molecule has 1 heterocycles. The zero-order valence-electron chi connectivity index (χ0n) is 12.2. The molecule has 1 N–H and O–H groups in total. The Bertz CT molecular complexity index is 578. The average Bonchev–Trinajstić information content (AvgIpc) is 2.71. The number of aromatic nitrogens is 2. The molecule has 1 aliphatic carbocycles. The zero-order chi connectivity index (χ0) is 15.1. The number of hydrogen-bond acceptors (Lipinski definition) is 4. The number of nitrogens with zero attached hydrogens (tertiary/aromatic N) is 2. The first kappa shape index (κ1) is 15.1. The summed E-state index contributed by atoms with van der Waals surface area (Å²) in [6.45, 7) is 9.69. The molecule has 0 saturated heterocycles. The van der Waals surface area contributed by atoms with Gasteiger partial charge < -0.3 is 9.67 Å². The van der Waals surface area contributed by atoms with Crippen molar-refractivity contribution in [3.8, 4) is 0 Å². The lowest BCUT2D eigenvalue weighted by atomic mass is 10.0. The summed E-state index contributed by atoms with van der Waals surface area (Å²) in [6, 6.07) is 1.42. The molecule has 1 saturated carbocycles. The SMILES string of the molecule is CC1(C)C(Cn2ccc(=O)nc2SCC(=O)O)C1(C)C. The maximum Gasteiger partial charge on any atom is 0.313 e. The fourth-order valence-electron chi connectivity index (χ4n) is 2.78. The first-order valence-electron chi connectivity index (χ1n) is 6.58. The molecular formula is C14H20N2O3S. The number of thioether (sulfide) groups is 1. The van der Waals surface area contributed by atoms with Crippen LogP contribution in [0.5, 0.6) is 0 Å². The Morgan fingerprint density at radius 2 is 2.00 bits per heavy atom. The van der Waals surface area contributed by atoms with Gasteiger partial charge in [-0.15, -0.1) is 0 Å². The minimum absolute atomic E-state index is 0.0894. The van der Waals surface area contributed by atoms with E-state index in [4.69, 9.17) is 5.11 Å². The molecular weight excluding hydrogens is 276 g/mol. The van der Waals surface area contributed by atoms with Crippen molar-refractivity contribution >= 4 is 17.7 Å². The summed E-state index contributed by atoms with van der Waals surface area (Å²) in [5.74, 6) is -0.510. The van der Waals surface area contributed by atoms with Gasteiger partial charge in [0, 0.05) is 18.8 Å². The fourth-order valence-corrected chi connectivity index (χ4v) is 3.49. The molecule has 0 radical (unpaired) electrons. The van der Waals surface area contributed by atoms with Crippen LogP contribution in [0, 0.1) is 16.7 Å². The third-order valence-electron chi connectivity index (χ3n) is 4.87. The topological polar surface area (TPSA) is 72.2 Å². The lowest BCUT2D eigenvalue weighted by Gasteiger charge is -2.12. The van der Waals surface area contributed by atoms with Crippen molar-refractivity contribution < 1.29 is 9.90 Å². The molecule has 110 valence electrons. The number of aliphatic carboxylic acids is 1. The predicted octanol–water partition coefficient (Wildman–Crippen LogP) is 2.10. The number of hydrogen-bond donors (Lipinski definition) is 1. The first-order valence-corrected chi connectivity index (χ1v) is 7.57. The van der Waals surface area contributed by atoms with Gasteiger partial charge in [-0.2, -0.15) is 4.98 Å². The van der Waals surface area contributed by atoms with Crippen molar-refractivity contribution in [2.24, 2.45) is 16.7 Å². The predicted molar refractivity (Wildman–Crippen MR) is 77.9 cm³/mol. The maximum atomic E-state index is 11.4. The van der Waals surface area contributed by atoms with Crippen molar-refractivity contribution in [2.75, 3.05) is 5.75 Å². The van der Waals surface area contributed by atoms with Gasteiger partial charge in [-0.05, 0) is 16.7 Å². The Morgan fingerprint density at radius 3 is 2.50 bits per heavy atom. The van der Waals surface area contributed by atoms with Gasteiger partial charge in [-0.25, -0.2) is 0 Å². The molecule has 0 aromatic carbocycles. The molecule has 0 spiro atoms. The maximum absolute atomic E-state index is 11.4. The molecule has 1 fully saturated rings. The summed E-state index contributed by atoms with van der Waals surface area (Å²) in [5, 5.41) is 9.24. The van der Waals surface area contributed by atoms with Crippen molar-refractivity contribution in [2.45, 2.75) is 39.4 Å². The number of carboxylic acid groups (broad SMARTS) is 1. The largest absolute Gasteiger partial charge is 0.481 e. The smallest absolute Gasteiger partial charge is 0.313 e. The lowest BCUT2D eigenvalue weighted by molar-refractivity contribution is -0.133. The van der Waals surface area contributed by atoms with E-state index < -0.39 is 5.97 Å². The van der Waals surface area contributed by atoms with E-state index in [1.165, 1.54) is 6.07 Å². The Balaban J connectivity index is 2.20. The molecule has 0 unspecified atom stereocenters. The van der Waals surface area contributed by atoms with Crippen LogP contribution in [0.3, 0.4) is 0 Å². The van der Waals surface area contributed by atoms with Crippen molar-refractivity contribution in [3.63, 3.8) is 0 Å². The molecule has 1 aromatic heterocycles. The quantitative estimate of drug-likeness (QED) is 0.665. The minimum Gasteiger partial charge on any atom is -0.481 e. The van der Waals surface area contributed by atoms with E-state index in [0.29, 0.717) is 11.1 Å². The Kier molecular flexibility index (Phi) is 3.71. The zero-order valence-corrected chi connectivity index (χ0v) is 13.0. The van der Waals surface area contributed by atoms with E-state index in [9.17, 15) is 9.59 Å². The number of rotatable bonds is 5. The molecule has 5 nitrogen and oxygen atoms in total. The molecule has 1 aromatic rings. The molecule has 20 heavy (non-hydrogen) atoms. The molecule has 1 aliphatic rings. The Morgan fingerprint density at radius 1 is 1.40 bits per heavy atom. The van der Waals surface area contributed by atoms with E-state index in [1.807, 2.05) is 4.57 Å². The van der Waals surface area contributed by atoms with Crippen LogP contribution in [0.15, 0.2) is 22.2 Å². The fraction of sp³-hybridized carbons (Fsp3) is 0.643. The Hall–Kier alpha value is -1.30. The minimum atomic E-state index is -0.910. The van der Waals surface area contributed by atoms with E-state index in [-0.39, 0.29) is 22.1 Å². The second-order valence-electron chi connectivity index (χ2n) is 6.38. The van der Waals surface area contributed by atoms with Crippen LogP contribution >= 0.6 is 11.8 Å². The highest BCUT2D eigenvalue weighted by molar-refractivity contribution is 7.99. The van der Waals surface area contributed by atoms with Gasteiger partial charge in [0.15, 0.2) is 5.16 Å². The first-order chi connectivity index (χ1) is 9.16. The molecule has 2 rings (SSSR count). The van der Waals surface area contributed by atoms with Crippen LogP contribution < -0.4 is 5.56 Å². The van der Waals surface area contributed by atoms with E-state index in [0.717, 1.165) is 18.3 Å². The molecule has 0 atom stereocenters. The van der Waals surface area contributed by atoms with E-state index >= 15 is 0 Å². The van der Waals surface area contributed by atoms with Crippen LogP contribution in [0.4, 0.5) is 0 Å². The van der Waals surface area contributed by atoms with Gasteiger partial charge >= 0.3 is 5.97 Å². The van der Waals surface area contributed by atoms with Crippen molar-refractivity contribution in [1.29, 1.82) is 0 Å².